The monoisotopic (exact) mass is 261 g/mol. The third kappa shape index (κ3) is 4.24. The molecule has 0 bridgehead atoms. The summed E-state index contributed by atoms with van der Waals surface area (Å²) in [6.45, 7) is 5.80. The highest BCUT2D eigenvalue weighted by molar-refractivity contribution is 5.33. The first-order valence-corrected chi connectivity index (χ1v) is 7.59. The molecule has 0 spiro atoms. The van der Waals surface area contributed by atoms with Crippen molar-refractivity contribution in [1.82, 2.24) is 5.32 Å². The molecular formula is C17H27NO. The van der Waals surface area contributed by atoms with Gasteiger partial charge in [0.25, 0.3) is 0 Å². The van der Waals surface area contributed by atoms with Crippen molar-refractivity contribution in [1.29, 1.82) is 0 Å². The highest BCUT2D eigenvalue weighted by Crippen LogP contribution is 2.27. The van der Waals surface area contributed by atoms with Crippen molar-refractivity contribution in [2.45, 2.75) is 45.6 Å². The van der Waals surface area contributed by atoms with Crippen molar-refractivity contribution in [2.75, 3.05) is 13.7 Å². The number of rotatable bonds is 8. The molecule has 0 amide bonds. The molecule has 0 aromatic heterocycles. The van der Waals surface area contributed by atoms with Gasteiger partial charge in [0.1, 0.15) is 5.75 Å². The second kappa shape index (κ2) is 6.95. The van der Waals surface area contributed by atoms with Gasteiger partial charge in [-0.2, -0.15) is 0 Å². The third-order valence-corrected chi connectivity index (χ3v) is 4.37. The van der Waals surface area contributed by atoms with E-state index in [0.29, 0.717) is 5.92 Å². The molecule has 1 aliphatic rings. The summed E-state index contributed by atoms with van der Waals surface area (Å²) in [6, 6.07) is 9.22. The van der Waals surface area contributed by atoms with Gasteiger partial charge in [-0.1, -0.05) is 38.5 Å². The van der Waals surface area contributed by atoms with Gasteiger partial charge in [-0.25, -0.2) is 0 Å². The molecule has 2 atom stereocenters. The molecule has 2 heteroatoms. The molecule has 2 rings (SSSR count). The zero-order valence-electron chi connectivity index (χ0n) is 12.5. The molecule has 1 saturated carbocycles. The molecule has 0 saturated heterocycles. The Labute approximate surface area is 117 Å². The van der Waals surface area contributed by atoms with E-state index in [1.807, 2.05) is 6.07 Å². The van der Waals surface area contributed by atoms with Crippen LogP contribution < -0.4 is 10.1 Å². The van der Waals surface area contributed by atoms with E-state index >= 15 is 0 Å². The second-order valence-corrected chi connectivity index (χ2v) is 5.84. The molecule has 2 nitrogen and oxygen atoms in total. The van der Waals surface area contributed by atoms with Crippen LogP contribution in [0.3, 0.4) is 0 Å². The minimum Gasteiger partial charge on any atom is -0.496 e. The summed E-state index contributed by atoms with van der Waals surface area (Å²) >= 11 is 0. The van der Waals surface area contributed by atoms with E-state index in [1.54, 1.807) is 7.11 Å². The topological polar surface area (TPSA) is 21.3 Å². The van der Waals surface area contributed by atoms with Gasteiger partial charge in [0, 0.05) is 6.04 Å². The summed E-state index contributed by atoms with van der Waals surface area (Å²) in [6.07, 6.45) is 5.08. The number of para-hydroxylation sites is 1. The lowest BCUT2D eigenvalue weighted by Crippen LogP contribution is -2.30. The molecule has 19 heavy (non-hydrogen) atoms. The Kier molecular flexibility index (Phi) is 5.26. The van der Waals surface area contributed by atoms with Crippen LogP contribution >= 0.6 is 0 Å². The van der Waals surface area contributed by atoms with Crippen molar-refractivity contribution in [3.63, 3.8) is 0 Å². The van der Waals surface area contributed by atoms with Gasteiger partial charge in [-0.15, -0.1) is 0 Å². The van der Waals surface area contributed by atoms with Crippen molar-refractivity contribution in [3.8, 4) is 5.75 Å². The van der Waals surface area contributed by atoms with Gasteiger partial charge < -0.3 is 10.1 Å². The predicted molar refractivity (Wildman–Crippen MR) is 80.7 cm³/mol. The van der Waals surface area contributed by atoms with Gasteiger partial charge >= 0.3 is 0 Å². The molecule has 1 fully saturated rings. The number of methoxy groups -OCH3 is 1. The van der Waals surface area contributed by atoms with Crippen LogP contribution in [0, 0.1) is 11.8 Å². The van der Waals surface area contributed by atoms with E-state index in [9.17, 15) is 0 Å². The summed E-state index contributed by atoms with van der Waals surface area (Å²) in [7, 11) is 1.76. The van der Waals surface area contributed by atoms with Gasteiger partial charge in [0.2, 0.25) is 0 Å². The normalized spacial score (nSPS) is 18.1. The molecule has 106 valence electrons. The number of ether oxygens (including phenoxy) is 1. The van der Waals surface area contributed by atoms with Gasteiger partial charge in [-0.05, 0) is 49.3 Å². The van der Waals surface area contributed by atoms with Gasteiger partial charge in [0.05, 0.1) is 7.11 Å². The lowest BCUT2D eigenvalue weighted by molar-refractivity contribution is 0.322. The maximum atomic E-state index is 5.48. The molecule has 1 N–H and O–H groups in total. The van der Waals surface area contributed by atoms with Crippen molar-refractivity contribution < 1.29 is 4.74 Å². The molecule has 2 unspecified atom stereocenters. The predicted octanol–water partition coefficient (Wildman–Crippen LogP) is 3.65. The van der Waals surface area contributed by atoms with Crippen molar-refractivity contribution >= 4 is 0 Å². The SMILES string of the molecule is CCC(C)C(CNC1CC1)Cc1ccccc1OC. The first-order chi connectivity index (χ1) is 9.24. The van der Waals surface area contributed by atoms with Crippen LogP contribution in [0.5, 0.6) is 5.75 Å². The second-order valence-electron chi connectivity index (χ2n) is 5.84. The molecule has 1 aliphatic carbocycles. The van der Waals surface area contributed by atoms with Crippen LogP contribution in [0.25, 0.3) is 0 Å². The highest BCUT2D eigenvalue weighted by Gasteiger charge is 2.24. The maximum absolute atomic E-state index is 5.48. The summed E-state index contributed by atoms with van der Waals surface area (Å²) < 4.78 is 5.48. The van der Waals surface area contributed by atoms with E-state index in [4.69, 9.17) is 4.74 Å². The van der Waals surface area contributed by atoms with Crippen molar-refractivity contribution in [3.05, 3.63) is 29.8 Å². The fraction of sp³-hybridized carbons (Fsp3) is 0.647. The smallest absolute Gasteiger partial charge is 0.122 e. The van der Waals surface area contributed by atoms with Crippen LogP contribution in [0.1, 0.15) is 38.7 Å². The summed E-state index contributed by atoms with van der Waals surface area (Å²) in [5.41, 5.74) is 1.34. The standard InChI is InChI=1S/C17H27NO/c1-4-13(2)15(12-18-16-9-10-16)11-14-7-5-6-8-17(14)19-3/h5-8,13,15-16,18H,4,9-12H2,1-3H3. The lowest BCUT2D eigenvalue weighted by atomic mass is 9.86. The molecular weight excluding hydrogens is 234 g/mol. The Morgan fingerprint density at radius 3 is 2.68 bits per heavy atom. The Morgan fingerprint density at radius 2 is 2.05 bits per heavy atom. The average molecular weight is 261 g/mol. The van der Waals surface area contributed by atoms with Crippen molar-refractivity contribution in [2.24, 2.45) is 11.8 Å². The van der Waals surface area contributed by atoms with Gasteiger partial charge in [-0.3, -0.25) is 0 Å². The first kappa shape index (κ1) is 14.4. The van der Waals surface area contributed by atoms with E-state index in [-0.39, 0.29) is 0 Å². The first-order valence-electron chi connectivity index (χ1n) is 7.59. The fourth-order valence-corrected chi connectivity index (χ4v) is 2.57. The Hall–Kier alpha value is -1.02. The molecule has 1 aromatic carbocycles. The number of hydrogen-bond donors (Lipinski definition) is 1. The van der Waals surface area contributed by atoms with Gasteiger partial charge in [0.15, 0.2) is 0 Å². The van der Waals surface area contributed by atoms with Crippen LogP contribution in [0.15, 0.2) is 24.3 Å². The quantitative estimate of drug-likeness (QED) is 0.771. The third-order valence-electron chi connectivity index (χ3n) is 4.37. The van der Waals surface area contributed by atoms with E-state index < -0.39 is 0 Å². The van der Waals surface area contributed by atoms with Crippen LogP contribution in [-0.2, 0) is 6.42 Å². The fourth-order valence-electron chi connectivity index (χ4n) is 2.57. The highest BCUT2D eigenvalue weighted by atomic mass is 16.5. The number of benzene rings is 1. The summed E-state index contributed by atoms with van der Waals surface area (Å²) in [5.74, 6) is 2.47. The Bertz CT molecular complexity index is 387. The Balaban J connectivity index is 2.00. The summed E-state index contributed by atoms with van der Waals surface area (Å²) in [5, 5.41) is 3.69. The Morgan fingerprint density at radius 1 is 1.32 bits per heavy atom. The zero-order chi connectivity index (χ0) is 13.7. The van der Waals surface area contributed by atoms with E-state index in [1.165, 1.54) is 24.8 Å². The molecule has 0 aliphatic heterocycles. The number of nitrogens with one attached hydrogen (secondary N) is 1. The zero-order valence-corrected chi connectivity index (χ0v) is 12.5. The van der Waals surface area contributed by atoms with Crippen LogP contribution in [-0.4, -0.2) is 19.7 Å². The van der Waals surface area contributed by atoms with E-state index in [2.05, 4.69) is 37.4 Å². The van der Waals surface area contributed by atoms with Crippen LogP contribution in [0.2, 0.25) is 0 Å². The minimum absolute atomic E-state index is 0.696. The number of hydrogen-bond acceptors (Lipinski definition) is 2. The largest absolute Gasteiger partial charge is 0.496 e. The van der Waals surface area contributed by atoms with Crippen LogP contribution in [0.4, 0.5) is 0 Å². The molecule has 1 aromatic rings. The average Bonchev–Trinajstić information content (AvgIpc) is 3.27. The lowest BCUT2D eigenvalue weighted by Gasteiger charge is -2.24. The maximum Gasteiger partial charge on any atom is 0.122 e. The molecule has 0 heterocycles. The molecule has 0 radical (unpaired) electrons. The minimum atomic E-state index is 0.696. The summed E-state index contributed by atoms with van der Waals surface area (Å²) in [4.78, 5) is 0. The van der Waals surface area contributed by atoms with E-state index in [0.717, 1.165) is 30.7 Å².